The Morgan fingerprint density at radius 3 is 1.62 bits per heavy atom. The van der Waals surface area contributed by atoms with Crippen LogP contribution in [0.5, 0.6) is 0 Å². The average molecular weight is 500 g/mol. The summed E-state index contributed by atoms with van der Waals surface area (Å²) in [6.07, 6.45) is 10.7. The van der Waals surface area contributed by atoms with Crippen LogP contribution < -0.4 is 0 Å². The van der Waals surface area contributed by atoms with Crippen molar-refractivity contribution in [1.82, 2.24) is 0 Å². The summed E-state index contributed by atoms with van der Waals surface area (Å²) in [6, 6.07) is 0. The van der Waals surface area contributed by atoms with E-state index in [-0.39, 0.29) is 55.9 Å². The van der Waals surface area contributed by atoms with E-state index in [1.807, 2.05) is 0 Å². The van der Waals surface area contributed by atoms with Crippen molar-refractivity contribution in [3.8, 4) is 0 Å². The second-order valence-electron chi connectivity index (χ2n) is 10.8. The second-order valence-corrected chi connectivity index (χ2v) is 15.8. The molecule has 0 nitrogen and oxygen atoms in total. The molecule has 29 heavy (non-hydrogen) atoms. The van der Waals surface area contributed by atoms with Crippen molar-refractivity contribution >= 4 is 8.07 Å². The summed E-state index contributed by atoms with van der Waals surface area (Å²) in [5.74, 6) is 7.10. The Morgan fingerprint density at radius 2 is 1.17 bits per heavy atom. The van der Waals surface area contributed by atoms with Gasteiger partial charge in [0.15, 0.2) is 0 Å². The Bertz CT molecular complexity index is 420. The van der Waals surface area contributed by atoms with Crippen LogP contribution in [0.2, 0.25) is 24.2 Å². The largest absolute Gasteiger partial charge is 4.00 e. The fourth-order valence-electron chi connectivity index (χ4n) is 8.20. The van der Waals surface area contributed by atoms with E-state index in [0.717, 1.165) is 52.5 Å². The Hall–Kier alpha value is 1.10. The zero-order valence-electron chi connectivity index (χ0n) is 22.1. The van der Waals surface area contributed by atoms with E-state index < -0.39 is 8.07 Å². The predicted octanol–water partition coefficient (Wildman–Crippen LogP) is 9.42. The minimum Gasteiger partial charge on any atom is -0.358 e. The molecule has 2 heteroatoms. The summed E-state index contributed by atoms with van der Waals surface area (Å²) in [5, 5.41) is 0. The van der Waals surface area contributed by atoms with Gasteiger partial charge in [0.2, 0.25) is 0 Å². The van der Waals surface area contributed by atoms with E-state index in [9.17, 15) is 0 Å². The summed E-state index contributed by atoms with van der Waals surface area (Å²) in [6.45, 7) is 18.4. The van der Waals surface area contributed by atoms with Gasteiger partial charge in [0.1, 0.15) is 0 Å². The summed E-state index contributed by atoms with van der Waals surface area (Å²) >= 11 is 0. The molecule has 3 rings (SSSR count). The fraction of sp³-hybridized carbons (Fsp3) is 0.852. The van der Waals surface area contributed by atoms with E-state index in [1.165, 1.54) is 25.7 Å². The molecule has 0 radical (unpaired) electrons. The van der Waals surface area contributed by atoms with Crippen molar-refractivity contribution in [3.63, 3.8) is 0 Å². The van der Waals surface area contributed by atoms with E-state index in [1.54, 1.807) is 19.3 Å². The first-order valence-electron chi connectivity index (χ1n) is 11.3. The van der Waals surface area contributed by atoms with Gasteiger partial charge in [-0.1, -0.05) is 79.8 Å². The Kier molecular flexibility index (Phi) is 16.3. The van der Waals surface area contributed by atoms with Gasteiger partial charge in [0.05, 0.1) is 8.07 Å². The normalized spacial score (nSPS) is 40.9. The minimum atomic E-state index is -1.23. The molecule has 0 bridgehead atoms. The van der Waals surface area contributed by atoms with Crippen molar-refractivity contribution in [1.29, 1.82) is 0 Å². The smallest absolute Gasteiger partial charge is 0.358 e. The van der Waals surface area contributed by atoms with Gasteiger partial charge in [-0.3, -0.25) is 0 Å². The van der Waals surface area contributed by atoms with Crippen molar-refractivity contribution in [2.24, 2.45) is 41.4 Å². The molecule has 0 heterocycles. The molecule has 0 aromatic rings. The van der Waals surface area contributed by atoms with Gasteiger partial charge in [0, 0.05) is 0 Å². The molecule has 8 atom stereocenters. The minimum absolute atomic E-state index is 0. The number of rotatable bonds is 4. The maximum Gasteiger partial charge on any atom is 4.00 e. The first kappa shape index (κ1) is 34.7. The van der Waals surface area contributed by atoms with E-state index in [4.69, 9.17) is 0 Å². The number of fused-ring (bicyclic) bond motifs is 1. The maximum atomic E-state index is 2.82. The van der Waals surface area contributed by atoms with E-state index in [2.05, 4.69) is 47.7 Å². The van der Waals surface area contributed by atoms with Crippen LogP contribution in [0.3, 0.4) is 0 Å². The summed E-state index contributed by atoms with van der Waals surface area (Å²) in [5.41, 5.74) is 2.20. The van der Waals surface area contributed by atoms with Gasteiger partial charge < -0.3 is 29.7 Å². The Morgan fingerprint density at radius 1 is 0.724 bits per heavy atom. The average Bonchev–Trinajstić information content (AvgIpc) is 3.01. The van der Waals surface area contributed by atoms with Crippen LogP contribution in [0.15, 0.2) is 0 Å². The molecule has 0 aromatic carbocycles. The second kappa shape index (κ2) is 13.6. The van der Waals surface area contributed by atoms with E-state index >= 15 is 0 Å². The SMILES string of the molecule is CCCC1CC([Si](C)(C)C2C(C)C(C)C(C)C2C)C2CCCCC12.[CH3-].[CH3-].[CH3-].[CH3-].[Zr+4]. The first-order valence-corrected chi connectivity index (χ1v) is 14.5. The summed E-state index contributed by atoms with van der Waals surface area (Å²) in [4.78, 5) is 0. The third-order valence-electron chi connectivity index (χ3n) is 9.65. The van der Waals surface area contributed by atoms with E-state index in [0.29, 0.717) is 0 Å². The van der Waals surface area contributed by atoms with Crippen molar-refractivity contribution in [3.05, 3.63) is 29.7 Å². The molecule has 172 valence electrons. The van der Waals surface area contributed by atoms with Gasteiger partial charge in [0.25, 0.3) is 0 Å². The van der Waals surface area contributed by atoms with Gasteiger partial charge in [-0.25, -0.2) is 0 Å². The van der Waals surface area contributed by atoms with Gasteiger partial charge in [-0.2, -0.15) is 0 Å². The molecular formula is C27H56SiZr. The zero-order chi connectivity index (χ0) is 17.6. The predicted molar refractivity (Wildman–Crippen MR) is 136 cm³/mol. The molecule has 3 aliphatic rings. The number of hydrogen-bond donors (Lipinski definition) is 0. The molecule has 0 N–H and O–H groups in total. The molecule has 0 saturated heterocycles. The summed E-state index contributed by atoms with van der Waals surface area (Å²) in [7, 11) is -1.23. The van der Waals surface area contributed by atoms with Crippen LogP contribution in [0, 0.1) is 71.1 Å². The molecular weight excluding hydrogens is 444 g/mol. The molecule has 3 saturated carbocycles. The van der Waals surface area contributed by atoms with Gasteiger partial charge >= 0.3 is 26.2 Å². The molecule has 3 aliphatic carbocycles. The third-order valence-corrected chi connectivity index (χ3v) is 15.0. The molecule has 8 unspecified atom stereocenters. The van der Waals surface area contributed by atoms with Gasteiger partial charge in [-0.15, -0.1) is 0 Å². The van der Waals surface area contributed by atoms with Crippen LogP contribution in [0.25, 0.3) is 0 Å². The Labute approximate surface area is 208 Å². The first-order chi connectivity index (χ1) is 11.3. The molecule has 0 amide bonds. The fourth-order valence-corrected chi connectivity index (χ4v) is 14.4. The molecule has 0 aliphatic heterocycles. The summed E-state index contributed by atoms with van der Waals surface area (Å²) < 4.78 is 0. The number of hydrogen-bond acceptors (Lipinski definition) is 0. The van der Waals surface area contributed by atoms with Gasteiger partial charge in [-0.05, 0) is 65.3 Å². The topological polar surface area (TPSA) is 0 Å². The van der Waals surface area contributed by atoms with Crippen LogP contribution in [-0.4, -0.2) is 8.07 Å². The van der Waals surface area contributed by atoms with Crippen LogP contribution in [0.4, 0.5) is 0 Å². The molecule has 0 aromatic heterocycles. The monoisotopic (exact) mass is 498 g/mol. The maximum absolute atomic E-state index is 2.82. The third kappa shape index (κ3) is 6.12. The van der Waals surface area contributed by atoms with Crippen molar-refractivity contribution in [2.75, 3.05) is 0 Å². The van der Waals surface area contributed by atoms with Crippen molar-refractivity contribution in [2.45, 2.75) is 104 Å². The zero-order valence-corrected chi connectivity index (χ0v) is 25.6. The van der Waals surface area contributed by atoms with Crippen LogP contribution >= 0.6 is 0 Å². The van der Waals surface area contributed by atoms with Crippen molar-refractivity contribution < 1.29 is 26.2 Å². The van der Waals surface area contributed by atoms with Crippen LogP contribution in [-0.2, 0) is 26.2 Å². The molecule has 3 fully saturated rings. The Balaban J connectivity index is -0.00000135. The standard InChI is InChI=1S/C23H44Si.4CH3.Zr/c1-8-11-19-14-22(21-13-10-9-12-20(19)21)24(6,7)23-17(4)15(2)16(3)18(23)5;;;;;/h15-23H,8-14H2,1-7H3;4*1H3;/q;4*-1;+4. The molecule has 0 spiro atoms. The van der Waals surface area contributed by atoms with Crippen LogP contribution in [0.1, 0.15) is 79.6 Å². The quantitative estimate of drug-likeness (QED) is 0.267.